The number of fused-ring (bicyclic) bond motifs is 1. The maximum absolute atomic E-state index is 10.6. The third-order valence-electron chi connectivity index (χ3n) is 2.88. The summed E-state index contributed by atoms with van der Waals surface area (Å²) in [6.45, 7) is 2.45. The quantitative estimate of drug-likeness (QED) is 0.640. The number of nitro groups is 1. The molecule has 0 saturated heterocycles. The van der Waals surface area contributed by atoms with Crippen LogP contribution in [0.2, 0.25) is 0 Å². The second-order valence-electron chi connectivity index (χ2n) is 4.74. The molecule has 124 valence electrons. The van der Waals surface area contributed by atoms with Gasteiger partial charge in [0.1, 0.15) is 6.20 Å². The lowest BCUT2D eigenvalue weighted by Crippen LogP contribution is -2.46. The first-order valence-electron chi connectivity index (χ1n) is 5.75. The van der Waals surface area contributed by atoms with Crippen LogP contribution < -0.4 is 4.74 Å². The highest BCUT2D eigenvalue weighted by Crippen LogP contribution is 2.31. The van der Waals surface area contributed by atoms with Gasteiger partial charge >= 0.3 is 24.0 Å². The molecule has 1 aromatic rings. The Balaban J connectivity index is 0.000000295. The fourth-order valence-electron chi connectivity index (χ4n) is 1.45. The number of alkyl halides is 3. The van der Waals surface area contributed by atoms with E-state index in [1.807, 2.05) is 25.9 Å². The molecule has 9 nitrogen and oxygen atoms in total. The Hall–Kier alpha value is -2.37. The predicted molar refractivity (Wildman–Crippen MR) is 65.3 cm³/mol. The maximum Gasteiger partial charge on any atom is 0.490 e. The minimum Gasteiger partial charge on any atom is -0.475 e. The van der Waals surface area contributed by atoms with E-state index in [9.17, 15) is 23.3 Å². The zero-order chi connectivity index (χ0) is 17.3. The van der Waals surface area contributed by atoms with Gasteiger partial charge in [-0.15, -0.1) is 0 Å². The lowest BCUT2D eigenvalue weighted by molar-refractivity contribution is -0.389. The fourth-order valence-corrected chi connectivity index (χ4v) is 1.45. The van der Waals surface area contributed by atoms with Gasteiger partial charge in [0.2, 0.25) is 0 Å². The summed E-state index contributed by atoms with van der Waals surface area (Å²) in [6, 6.07) is 0.304. The molecule has 0 amide bonds. The van der Waals surface area contributed by atoms with Gasteiger partial charge in [-0.3, -0.25) is 9.47 Å². The molecular formula is C10H13F3N4O5. The topological polar surface area (TPSA) is 111 Å². The molecule has 2 rings (SSSR count). The van der Waals surface area contributed by atoms with Crippen molar-refractivity contribution in [3.05, 3.63) is 16.3 Å². The lowest BCUT2D eigenvalue weighted by atomic mass is 10.2. The van der Waals surface area contributed by atoms with Crippen molar-refractivity contribution in [2.45, 2.75) is 25.4 Å². The summed E-state index contributed by atoms with van der Waals surface area (Å²) < 4.78 is 38.9. The summed E-state index contributed by atoms with van der Waals surface area (Å²) in [5.74, 6) is -2.93. The number of carboxylic acids is 1. The van der Waals surface area contributed by atoms with E-state index in [0.29, 0.717) is 12.6 Å². The fraction of sp³-hybridized carbons (Fsp3) is 0.600. The predicted octanol–water partition coefficient (Wildman–Crippen LogP) is 1.09. The van der Waals surface area contributed by atoms with E-state index in [0.717, 1.165) is 0 Å². The SMILES string of the molecule is CN(C)C1(C)Cn2cc([N+](=O)[O-])nc2O1.O=C(O)C(F)(F)F. The van der Waals surface area contributed by atoms with E-state index in [1.54, 1.807) is 4.57 Å². The van der Waals surface area contributed by atoms with Crippen LogP contribution in [0.15, 0.2) is 6.20 Å². The summed E-state index contributed by atoms with van der Waals surface area (Å²) in [4.78, 5) is 24.5. The Bertz CT molecular complexity index is 560. The Kier molecular flexibility index (Phi) is 4.65. The number of aliphatic carboxylic acids is 1. The van der Waals surface area contributed by atoms with Crippen molar-refractivity contribution in [2.75, 3.05) is 14.1 Å². The van der Waals surface area contributed by atoms with Crippen LogP contribution in [-0.2, 0) is 11.3 Å². The van der Waals surface area contributed by atoms with Crippen molar-refractivity contribution in [3.8, 4) is 6.01 Å². The second-order valence-corrected chi connectivity index (χ2v) is 4.74. The first-order valence-corrected chi connectivity index (χ1v) is 5.75. The van der Waals surface area contributed by atoms with Crippen LogP contribution in [0.3, 0.4) is 0 Å². The molecule has 2 heterocycles. The number of ether oxygens (including phenoxy) is 1. The third-order valence-corrected chi connectivity index (χ3v) is 2.88. The van der Waals surface area contributed by atoms with Crippen LogP contribution in [0.4, 0.5) is 19.0 Å². The number of hydrogen-bond acceptors (Lipinski definition) is 6. The van der Waals surface area contributed by atoms with Crippen molar-refractivity contribution in [2.24, 2.45) is 0 Å². The van der Waals surface area contributed by atoms with Crippen LogP contribution in [0.1, 0.15) is 6.92 Å². The van der Waals surface area contributed by atoms with Gasteiger partial charge in [-0.2, -0.15) is 13.2 Å². The zero-order valence-corrected chi connectivity index (χ0v) is 11.8. The number of halogens is 3. The number of likely N-dealkylation sites (N-methyl/N-ethyl adjacent to an activating group) is 1. The molecule has 0 aliphatic carbocycles. The molecule has 0 saturated carbocycles. The average molecular weight is 326 g/mol. The van der Waals surface area contributed by atoms with Crippen LogP contribution in [0, 0.1) is 10.1 Å². The first kappa shape index (κ1) is 17.7. The molecule has 22 heavy (non-hydrogen) atoms. The molecule has 0 spiro atoms. The van der Waals surface area contributed by atoms with Gasteiger partial charge < -0.3 is 20.0 Å². The molecule has 1 atom stereocenters. The maximum atomic E-state index is 10.6. The van der Waals surface area contributed by atoms with Gasteiger partial charge in [-0.1, -0.05) is 0 Å². The summed E-state index contributed by atoms with van der Waals surface area (Å²) in [5.41, 5.74) is -0.475. The van der Waals surface area contributed by atoms with Gasteiger partial charge in [-0.25, -0.2) is 4.79 Å². The number of rotatable bonds is 2. The smallest absolute Gasteiger partial charge is 0.475 e. The molecule has 0 radical (unpaired) electrons. The van der Waals surface area contributed by atoms with Crippen molar-refractivity contribution in [3.63, 3.8) is 0 Å². The van der Waals surface area contributed by atoms with Crippen molar-refractivity contribution >= 4 is 11.8 Å². The minimum atomic E-state index is -5.08. The van der Waals surface area contributed by atoms with Crippen molar-refractivity contribution in [1.29, 1.82) is 0 Å². The highest BCUT2D eigenvalue weighted by atomic mass is 19.4. The van der Waals surface area contributed by atoms with Crippen molar-refractivity contribution in [1.82, 2.24) is 14.5 Å². The largest absolute Gasteiger partial charge is 0.490 e. The monoisotopic (exact) mass is 326 g/mol. The van der Waals surface area contributed by atoms with E-state index >= 15 is 0 Å². The van der Waals surface area contributed by atoms with E-state index in [1.165, 1.54) is 6.20 Å². The average Bonchev–Trinajstić information content (AvgIpc) is 2.83. The van der Waals surface area contributed by atoms with Crippen LogP contribution in [-0.4, -0.2) is 56.4 Å². The van der Waals surface area contributed by atoms with Gasteiger partial charge in [0.05, 0.1) is 6.54 Å². The van der Waals surface area contributed by atoms with Gasteiger partial charge in [-0.05, 0) is 25.9 Å². The van der Waals surface area contributed by atoms with Crippen LogP contribution in [0.5, 0.6) is 6.01 Å². The summed E-state index contributed by atoms with van der Waals surface area (Å²) >= 11 is 0. The van der Waals surface area contributed by atoms with Gasteiger partial charge in [0.25, 0.3) is 0 Å². The second kappa shape index (κ2) is 5.79. The highest BCUT2D eigenvalue weighted by Gasteiger charge is 2.41. The standard InChI is InChI=1S/C8H12N4O3.C2HF3O2/c1-8(10(2)3)5-11-4-6(12(13)14)9-7(11)15-8;3-2(4,5)1(6)7/h4H,5H2,1-3H3;(H,6,7). The molecule has 1 unspecified atom stereocenters. The van der Waals surface area contributed by atoms with Crippen LogP contribution in [0.25, 0.3) is 0 Å². The third kappa shape index (κ3) is 3.84. The molecule has 0 bridgehead atoms. The number of carbonyl (C=O) groups is 1. The lowest BCUT2D eigenvalue weighted by Gasteiger charge is -2.29. The van der Waals surface area contributed by atoms with E-state index < -0.39 is 22.8 Å². The highest BCUT2D eigenvalue weighted by molar-refractivity contribution is 5.73. The van der Waals surface area contributed by atoms with Gasteiger partial charge in [0, 0.05) is 4.98 Å². The molecule has 12 heteroatoms. The zero-order valence-electron chi connectivity index (χ0n) is 11.8. The minimum absolute atomic E-state index is 0.175. The first-order chi connectivity index (χ1) is 9.86. The Morgan fingerprint density at radius 2 is 2.09 bits per heavy atom. The molecule has 1 aromatic heterocycles. The molecule has 1 N–H and O–H groups in total. The normalized spacial score (nSPS) is 20.0. The molecule has 0 aromatic carbocycles. The Morgan fingerprint density at radius 3 is 2.41 bits per heavy atom. The van der Waals surface area contributed by atoms with E-state index in [2.05, 4.69) is 4.98 Å². The molecular weight excluding hydrogens is 313 g/mol. The van der Waals surface area contributed by atoms with Crippen LogP contribution >= 0.6 is 0 Å². The molecule has 1 aliphatic heterocycles. The Labute approximate surface area is 122 Å². The summed E-state index contributed by atoms with van der Waals surface area (Å²) in [6.07, 6.45) is -3.69. The van der Waals surface area contributed by atoms with Gasteiger partial charge in [0.15, 0.2) is 5.72 Å². The summed E-state index contributed by atoms with van der Waals surface area (Å²) in [5, 5.41) is 17.6. The van der Waals surface area contributed by atoms with E-state index in [-0.39, 0.29) is 5.82 Å². The Morgan fingerprint density at radius 1 is 1.59 bits per heavy atom. The number of aromatic nitrogens is 2. The summed E-state index contributed by atoms with van der Waals surface area (Å²) in [7, 11) is 3.78. The number of imidazole rings is 1. The van der Waals surface area contributed by atoms with Crippen molar-refractivity contribution < 1.29 is 32.7 Å². The molecule has 1 aliphatic rings. The number of nitrogens with zero attached hydrogens (tertiary/aromatic N) is 4. The number of hydrogen-bond donors (Lipinski definition) is 1. The number of carboxylic acid groups (broad SMARTS) is 1. The van der Waals surface area contributed by atoms with E-state index in [4.69, 9.17) is 14.6 Å². The molecule has 0 fully saturated rings.